The van der Waals surface area contributed by atoms with Crippen LogP contribution in [0.5, 0.6) is 17.2 Å². The molecule has 192 valence electrons. The Morgan fingerprint density at radius 2 is 1.30 bits per heavy atom. The SMILES string of the molecule is CCCCCCCCOc1ccc(OC(=O)c2ccc(C(=O)Oc3ccc(SC#N)c(C)c3)cc2)cc1. The van der Waals surface area contributed by atoms with E-state index in [1.54, 1.807) is 42.5 Å². The molecule has 0 saturated carbocycles. The number of carbonyl (C=O) groups is 2. The number of aryl methyl sites for hydroxylation is 1. The first-order valence-corrected chi connectivity index (χ1v) is 13.3. The average Bonchev–Trinajstić information content (AvgIpc) is 2.91. The predicted molar refractivity (Wildman–Crippen MR) is 144 cm³/mol. The van der Waals surface area contributed by atoms with E-state index in [-0.39, 0.29) is 0 Å². The Hall–Kier alpha value is -3.76. The van der Waals surface area contributed by atoms with Gasteiger partial charge in [-0.05, 0) is 97.4 Å². The lowest BCUT2D eigenvalue weighted by molar-refractivity contribution is 0.0720. The van der Waals surface area contributed by atoms with Gasteiger partial charge in [0.25, 0.3) is 0 Å². The van der Waals surface area contributed by atoms with Gasteiger partial charge < -0.3 is 14.2 Å². The zero-order valence-corrected chi connectivity index (χ0v) is 22.0. The second-order valence-corrected chi connectivity index (χ2v) is 9.39. The molecule has 3 aromatic carbocycles. The Balaban J connectivity index is 1.47. The molecule has 7 heteroatoms. The number of hydrogen-bond donors (Lipinski definition) is 0. The van der Waals surface area contributed by atoms with Crippen LogP contribution >= 0.6 is 11.8 Å². The summed E-state index contributed by atoms with van der Waals surface area (Å²) in [6, 6.07) is 18.1. The summed E-state index contributed by atoms with van der Waals surface area (Å²) in [6.07, 6.45) is 7.25. The van der Waals surface area contributed by atoms with E-state index in [1.807, 2.05) is 12.3 Å². The highest BCUT2D eigenvalue weighted by Gasteiger charge is 2.13. The fraction of sp³-hybridized carbons (Fsp3) is 0.300. The molecule has 0 spiro atoms. The lowest BCUT2D eigenvalue weighted by Gasteiger charge is -2.09. The Kier molecular flexibility index (Phi) is 11.1. The summed E-state index contributed by atoms with van der Waals surface area (Å²) in [4.78, 5) is 25.8. The molecule has 37 heavy (non-hydrogen) atoms. The van der Waals surface area contributed by atoms with Gasteiger partial charge in [-0.25, -0.2) is 9.59 Å². The van der Waals surface area contributed by atoms with Gasteiger partial charge in [0.2, 0.25) is 0 Å². The highest BCUT2D eigenvalue weighted by molar-refractivity contribution is 8.03. The van der Waals surface area contributed by atoms with E-state index < -0.39 is 11.9 Å². The minimum absolute atomic E-state index is 0.302. The van der Waals surface area contributed by atoms with Crippen LogP contribution in [0.15, 0.2) is 71.6 Å². The molecule has 0 fully saturated rings. The largest absolute Gasteiger partial charge is 0.494 e. The maximum Gasteiger partial charge on any atom is 0.343 e. The van der Waals surface area contributed by atoms with Crippen molar-refractivity contribution in [1.29, 1.82) is 5.26 Å². The number of rotatable bonds is 13. The molecule has 0 aliphatic heterocycles. The molecule has 0 heterocycles. The Labute approximate surface area is 222 Å². The molecule has 0 saturated heterocycles. The number of nitriles is 1. The fourth-order valence-corrected chi connectivity index (χ4v) is 4.05. The number of nitrogens with zero attached hydrogens (tertiary/aromatic N) is 1. The molecular formula is C30H31NO5S. The third-order valence-electron chi connectivity index (χ3n) is 5.67. The van der Waals surface area contributed by atoms with Gasteiger partial charge in [0.1, 0.15) is 22.6 Å². The Bertz CT molecular complexity index is 1220. The lowest BCUT2D eigenvalue weighted by Crippen LogP contribution is -2.11. The smallest absolute Gasteiger partial charge is 0.343 e. The topological polar surface area (TPSA) is 85.6 Å². The summed E-state index contributed by atoms with van der Waals surface area (Å²) >= 11 is 1.05. The predicted octanol–water partition coefficient (Wildman–Crippen LogP) is 7.75. The van der Waals surface area contributed by atoms with Crippen molar-refractivity contribution in [3.05, 3.63) is 83.4 Å². The van der Waals surface area contributed by atoms with Crippen molar-refractivity contribution in [3.8, 4) is 22.6 Å². The molecule has 0 aliphatic carbocycles. The number of unbranched alkanes of at least 4 members (excludes halogenated alkanes) is 5. The van der Waals surface area contributed by atoms with E-state index >= 15 is 0 Å². The van der Waals surface area contributed by atoms with Crippen molar-refractivity contribution < 1.29 is 23.8 Å². The molecule has 0 radical (unpaired) electrons. The highest BCUT2D eigenvalue weighted by atomic mass is 32.2. The second-order valence-electron chi connectivity index (χ2n) is 8.56. The van der Waals surface area contributed by atoms with Gasteiger partial charge in [0.15, 0.2) is 0 Å². The molecule has 0 aliphatic rings. The molecule has 0 unspecified atom stereocenters. The minimum atomic E-state index is -0.545. The maximum absolute atomic E-state index is 12.5. The minimum Gasteiger partial charge on any atom is -0.494 e. The average molecular weight is 518 g/mol. The molecular weight excluding hydrogens is 486 g/mol. The van der Waals surface area contributed by atoms with Crippen molar-refractivity contribution >= 4 is 23.7 Å². The van der Waals surface area contributed by atoms with Crippen LogP contribution in [0.25, 0.3) is 0 Å². The van der Waals surface area contributed by atoms with Gasteiger partial charge in [-0.1, -0.05) is 39.0 Å². The monoisotopic (exact) mass is 517 g/mol. The van der Waals surface area contributed by atoms with Crippen LogP contribution < -0.4 is 14.2 Å². The number of hydrogen-bond acceptors (Lipinski definition) is 7. The van der Waals surface area contributed by atoms with Crippen molar-refractivity contribution in [1.82, 2.24) is 0 Å². The summed E-state index contributed by atoms with van der Waals surface area (Å²) in [6.45, 7) is 4.72. The molecule has 3 rings (SSSR count). The van der Waals surface area contributed by atoms with Crippen LogP contribution in [0.1, 0.15) is 71.7 Å². The van der Waals surface area contributed by atoms with Gasteiger partial charge in [-0.3, -0.25) is 0 Å². The molecule has 0 bridgehead atoms. The molecule has 3 aromatic rings. The molecule has 0 N–H and O–H groups in total. The maximum atomic E-state index is 12.5. The van der Waals surface area contributed by atoms with Gasteiger partial charge in [-0.2, -0.15) is 5.26 Å². The number of esters is 2. The van der Waals surface area contributed by atoms with Crippen LogP contribution in [0.3, 0.4) is 0 Å². The van der Waals surface area contributed by atoms with Gasteiger partial charge >= 0.3 is 11.9 Å². The summed E-state index contributed by atoms with van der Waals surface area (Å²) in [5.74, 6) is 0.463. The highest BCUT2D eigenvalue weighted by Crippen LogP contribution is 2.26. The van der Waals surface area contributed by atoms with Crippen LogP contribution in [-0.4, -0.2) is 18.5 Å². The Morgan fingerprint density at radius 3 is 1.89 bits per heavy atom. The van der Waals surface area contributed by atoms with Crippen molar-refractivity contribution in [3.63, 3.8) is 0 Å². The number of thioether (sulfide) groups is 1. The zero-order valence-electron chi connectivity index (χ0n) is 21.2. The molecule has 0 amide bonds. The van der Waals surface area contributed by atoms with E-state index in [2.05, 4.69) is 6.92 Å². The number of thiocyanates is 1. The summed E-state index contributed by atoms with van der Waals surface area (Å²) in [7, 11) is 0. The summed E-state index contributed by atoms with van der Waals surface area (Å²) in [5.41, 5.74) is 1.46. The number of carbonyl (C=O) groups excluding carboxylic acids is 2. The normalized spacial score (nSPS) is 10.4. The lowest BCUT2D eigenvalue weighted by atomic mass is 10.1. The quantitative estimate of drug-likeness (QED) is 0.0753. The second kappa shape index (κ2) is 14.7. The molecule has 6 nitrogen and oxygen atoms in total. The first-order valence-electron chi connectivity index (χ1n) is 12.4. The van der Waals surface area contributed by atoms with E-state index in [1.165, 1.54) is 56.4 Å². The summed E-state index contributed by atoms with van der Waals surface area (Å²) < 4.78 is 16.6. The summed E-state index contributed by atoms with van der Waals surface area (Å²) in [5, 5.41) is 10.8. The third kappa shape index (κ3) is 9.00. The molecule has 0 atom stereocenters. The fourth-order valence-electron chi connectivity index (χ4n) is 3.60. The van der Waals surface area contributed by atoms with Crippen LogP contribution in [0.4, 0.5) is 0 Å². The van der Waals surface area contributed by atoms with Crippen LogP contribution in [0, 0.1) is 17.6 Å². The van der Waals surface area contributed by atoms with Gasteiger partial charge in [-0.15, -0.1) is 0 Å². The zero-order chi connectivity index (χ0) is 26.5. The van der Waals surface area contributed by atoms with Crippen LogP contribution in [0.2, 0.25) is 0 Å². The molecule has 0 aromatic heterocycles. The van der Waals surface area contributed by atoms with Crippen molar-refractivity contribution in [2.24, 2.45) is 0 Å². The first kappa shape index (κ1) is 27.8. The van der Waals surface area contributed by atoms with Gasteiger partial charge in [0.05, 0.1) is 17.7 Å². The number of ether oxygens (including phenoxy) is 3. The van der Waals surface area contributed by atoms with Crippen molar-refractivity contribution in [2.75, 3.05) is 6.61 Å². The van der Waals surface area contributed by atoms with E-state index in [0.29, 0.717) is 29.2 Å². The standard InChI is InChI=1S/C30H31NO5S/c1-3-4-5-6-7-8-19-34-25-13-15-26(16-14-25)35-29(32)23-9-11-24(12-10-23)30(33)36-27-17-18-28(37-21-31)22(2)20-27/h9-18,20H,3-8,19H2,1-2H3. The van der Waals surface area contributed by atoms with E-state index in [0.717, 1.165) is 34.4 Å². The van der Waals surface area contributed by atoms with Gasteiger partial charge in [0, 0.05) is 4.90 Å². The van der Waals surface area contributed by atoms with Crippen LogP contribution in [-0.2, 0) is 0 Å². The van der Waals surface area contributed by atoms with E-state index in [4.69, 9.17) is 19.5 Å². The van der Waals surface area contributed by atoms with E-state index in [9.17, 15) is 9.59 Å². The number of benzene rings is 3. The first-order chi connectivity index (χ1) is 18.0. The Morgan fingerprint density at radius 1 is 0.757 bits per heavy atom. The third-order valence-corrected chi connectivity index (χ3v) is 6.44. The van der Waals surface area contributed by atoms with Crippen molar-refractivity contribution in [2.45, 2.75) is 57.3 Å².